The molecule has 3 heteroatoms. The summed E-state index contributed by atoms with van der Waals surface area (Å²) >= 11 is 0. The monoisotopic (exact) mass is 221 g/mol. The lowest BCUT2D eigenvalue weighted by Crippen LogP contribution is -2.48. The topological polar surface area (TPSA) is 28.2 Å². The van der Waals surface area contributed by atoms with Crippen LogP contribution < -0.4 is 5.32 Å². The molecule has 0 amide bonds. The maximum absolute atomic E-state index is 4.03. The molecule has 0 aliphatic heterocycles. The Morgan fingerprint density at radius 3 is 2.50 bits per heavy atom. The first-order valence-corrected chi connectivity index (χ1v) is 5.81. The van der Waals surface area contributed by atoms with Gasteiger partial charge in [0.25, 0.3) is 0 Å². The number of aromatic nitrogens is 1. The van der Waals surface area contributed by atoms with E-state index in [-0.39, 0.29) is 5.54 Å². The van der Waals surface area contributed by atoms with Crippen LogP contribution in [0.1, 0.15) is 19.4 Å². The smallest absolute Gasteiger partial charge is 0.0274 e. The van der Waals surface area contributed by atoms with Crippen molar-refractivity contribution in [1.82, 2.24) is 15.2 Å². The molecule has 0 unspecified atom stereocenters. The number of rotatable bonds is 6. The summed E-state index contributed by atoms with van der Waals surface area (Å²) in [5.41, 5.74) is 1.55. The van der Waals surface area contributed by atoms with E-state index in [0.717, 1.165) is 19.5 Å². The molecule has 0 saturated carbocycles. The number of nitrogens with zero attached hydrogens (tertiary/aromatic N) is 2. The third kappa shape index (κ3) is 3.91. The molecule has 0 saturated heterocycles. The Morgan fingerprint density at radius 1 is 1.31 bits per heavy atom. The molecule has 0 aromatic carbocycles. The van der Waals surface area contributed by atoms with E-state index in [2.05, 4.69) is 48.2 Å². The normalized spacial score (nSPS) is 12.1. The summed E-state index contributed by atoms with van der Waals surface area (Å²) in [6, 6.07) is 4.16. The molecule has 0 fully saturated rings. The molecule has 0 radical (unpaired) electrons. The van der Waals surface area contributed by atoms with Gasteiger partial charge in [-0.3, -0.25) is 9.88 Å². The van der Waals surface area contributed by atoms with Gasteiger partial charge in [0, 0.05) is 31.0 Å². The zero-order valence-corrected chi connectivity index (χ0v) is 10.8. The van der Waals surface area contributed by atoms with Gasteiger partial charge in [-0.1, -0.05) is 0 Å². The van der Waals surface area contributed by atoms with Crippen LogP contribution in [0.15, 0.2) is 24.5 Å². The van der Waals surface area contributed by atoms with Crippen molar-refractivity contribution in [3.63, 3.8) is 0 Å². The Labute approximate surface area is 98.9 Å². The van der Waals surface area contributed by atoms with Gasteiger partial charge in [0.1, 0.15) is 0 Å². The lowest BCUT2D eigenvalue weighted by molar-refractivity contribution is 0.157. The van der Waals surface area contributed by atoms with E-state index in [0.29, 0.717) is 0 Å². The Hall–Kier alpha value is -0.930. The molecule has 16 heavy (non-hydrogen) atoms. The number of pyridine rings is 1. The van der Waals surface area contributed by atoms with Crippen LogP contribution in [0.2, 0.25) is 0 Å². The predicted octanol–water partition coefficient (Wildman–Crippen LogP) is 1.55. The van der Waals surface area contributed by atoms with Crippen LogP contribution in [0.5, 0.6) is 0 Å². The second-order valence-electron chi connectivity index (χ2n) is 4.87. The first-order chi connectivity index (χ1) is 7.56. The third-order valence-corrected chi connectivity index (χ3v) is 3.13. The fraction of sp³-hybridized carbons (Fsp3) is 0.615. The highest BCUT2D eigenvalue weighted by atomic mass is 15.2. The van der Waals surface area contributed by atoms with Gasteiger partial charge < -0.3 is 5.32 Å². The van der Waals surface area contributed by atoms with Gasteiger partial charge >= 0.3 is 0 Å². The zero-order valence-electron chi connectivity index (χ0n) is 10.8. The van der Waals surface area contributed by atoms with Crippen molar-refractivity contribution in [3.8, 4) is 0 Å². The Bertz CT molecular complexity index is 295. The minimum Gasteiger partial charge on any atom is -0.318 e. The van der Waals surface area contributed by atoms with Gasteiger partial charge in [-0.2, -0.15) is 0 Å². The van der Waals surface area contributed by atoms with Gasteiger partial charge in [0.2, 0.25) is 0 Å². The van der Waals surface area contributed by atoms with E-state index >= 15 is 0 Å². The van der Waals surface area contributed by atoms with Crippen LogP contribution >= 0.6 is 0 Å². The molecule has 1 N–H and O–H groups in total. The molecule has 0 aliphatic carbocycles. The van der Waals surface area contributed by atoms with Gasteiger partial charge in [-0.05, 0) is 52.1 Å². The number of hydrogen-bond donors (Lipinski definition) is 1. The van der Waals surface area contributed by atoms with Crippen molar-refractivity contribution >= 4 is 0 Å². The van der Waals surface area contributed by atoms with E-state index in [1.165, 1.54) is 5.56 Å². The van der Waals surface area contributed by atoms with Crippen LogP contribution in [-0.2, 0) is 6.42 Å². The average molecular weight is 221 g/mol. The summed E-state index contributed by atoms with van der Waals surface area (Å²) in [7, 11) is 4.18. The van der Waals surface area contributed by atoms with Crippen molar-refractivity contribution in [2.24, 2.45) is 0 Å². The van der Waals surface area contributed by atoms with Crippen molar-refractivity contribution in [2.75, 3.05) is 27.2 Å². The molecular formula is C13H23N3. The minimum atomic E-state index is 0.196. The van der Waals surface area contributed by atoms with Crippen molar-refractivity contribution in [1.29, 1.82) is 0 Å². The van der Waals surface area contributed by atoms with Crippen LogP contribution in [0.4, 0.5) is 0 Å². The maximum atomic E-state index is 4.03. The summed E-state index contributed by atoms with van der Waals surface area (Å²) in [5, 5.41) is 3.24. The van der Waals surface area contributed by atoms with Gasteiger partial charge in [0.15, 0.2) is 0 Å². The molecule has 0 aliphatic rings. The highest BCUT2D eigenvalue weighted by molar-refractivity contribution is 5.10. The van der Waals surface area contributed by atoms with E-state index in [9.17, 15) is 0 Å². The minimum absolute atomic E-state index is 0.196. The SMILES string of the molecule is CNCC(C)(C)N(C)CCc1ccncc1. The van der Waals surface area contributed by atoms with Crippen molar-refractivity contribution in [2.45, 2.75) is 25.8 Å². The average Bonchev–Trinajstić information content (AvgIpc) is 2.27. The summed E-state index contributed by atoms with van der Waals surface area (Å²) in [5.74, 6) is 0. The molecule has 1 aromatic rings. The lowest BCUT2D eigenvalue weighted by Gasteiger charge is -2.35. The predicted molar refractivity (Wildman–Crippen MR) is 68.6 cm³/mol. The molecule has 1 rings (SSSR count). The van der Waals surface area contributed by atoms with Gasteiger partial charge in [-0.15, -0.1) is 0 Å². The van der Waals surface area contributed by atoms with Crippen molar-refractivity contribution < 1.29 is 0 Å². The molecule has 3 nitrogen and oxygen atoms in total. The van der Waals surface area contributed by atoms with Crippen LogP contribution in [-0.4, -0.2) is 42.6 Å². The summed E-state index contributed by atoms with van der Waals surface area (Å²) in [6.07, 6.45) is 4.79. The first-order valence-electron chi connectivity index (χ1n) is 5.81. The molecule has 1 heterocycles. The lowest BCUT2D eigenvalue weighted by atomic mass is 10.0. The second-order valence-corrected chi connectivity index (χ2v) is 4.87. The van der Waals surface area contributed by atoms with Crippen LogP contribution in [0.3, 0.4) is 0 Å². The molecule has 0 bridgehead atoms. The van der Waals surface area contributed by atoms with Crippen molar-refractivity contribution in [3.05, 3.63) is 30.1 Å². The highest BCUT2D eigenvalue weighted by Gasteiger charge is 2.21. The van der Waals surface area contributed by atoms with Gasteiger partial charge in [0.05, 0.1) is 0 Å². The largest absolute Gasteiger partial charge is 0.318 e. The Morgan fingerprint density at radius 2 is 1.94 bits per heavy atom. The van der Waals surface area contributed by atoms with Crippen LogP contribution in [0.25, 0.3) is 0 Å². The maximum Gasteiger partial charge on any atom is 0.0274 e. The quantitative estimate of drug-likeness (QED) is 0.790. The summed E-state index contributed by atoms with van der Waals surface area (Å²) < 4.78 is 0. The Balaban J connectivity index is 2.43. The summed E-state index contributed by atoms with van der Waals surface area (Å²) in [6.45, 7) is 6.59. The molecule has 0 atom stereocenters. The Kier molecular flexibility index (Phi) is 4.90. The fourth-order valence-corrected chi connectivity index (χ4v) is 1.72. The first kappa shape index (κ1) is 13.1. The summed E-state index contributed by atoms with van der Waals surface area (Å²) in [4.78, 5) is 6.42. The van der Waals surface area contributed by atoms with Gasteiger partial charge in [-0.25, -0.2) is 0 Å². The fourth-order valence-electron chi connectivity index (χ4n) is 1.72. The second kappa shape index (κ2) is 5.97. The van der Waals surface area contributed by atoms with E-state index in [4.69, 9.17) is 0 Å². The molecular weight excluding hydrogens is 198 g/mol. The van der Waals surface area contributed by atoms with E-state index in [1.807, 2.05) is 19.4 Å². The zero-order chi connectivity index (χ0) is 12.0. The molecule has 90 valence electrons. The molecule has 1 aromatic heterocycles. The highest BCUT2D eigenvalue weighted by Crippen LogP contribution is 2.11. The standard InChI is InChI=1S/C13H23N3/c1-13(2,11-14-3)16(4)10-7-12-5-8-15-9-6-12/h5-6,8-9,14H,7,10-11H2,1-4H3. The van der Waals surface area contributed by atoms with E-state index in [1.54, 1.807) is 0 Å². The number of hydrogen-bond acceptors (Lipinski definition) is 3. The van der Waals surface area contributed by atoms with E-state index < -0.39 is 0 Å². The number of likely N-dealkylation sites (N-methyl/N-ethyl adjacent to an activating group) is 2. The van der Waals surface area contributed by atoms with Crippen LogP contribution in [0, 0.1) is 0 Å². The molecule has 0 spiro atoms. The number of nitrogens with one attached hydrogen (secondary N) is 1. The third-order valence-electron chi connectivity index (χ3n) is 3.13.